The minimum atomic E-state index is -2.04. The molecule has 3 nitrogen and oxygen atoms in total. The summed E-state index contributed by atoms with van der Waals surface area (Å²) < 4.78 is 19.9. The molecule has 0 aliphatic heterocycles. The Bertz CT molecular complexity index is 682. The Morgan fingerprint density at radius 2 is 1.55 bits per heavy atom. The van der Waals surface area contributed by atoms with Gasteiger partial charge in [0.1, 0.15) is 12.4 Å². The first-order valence-corrected chi connectivity index (χ1v) is 17.8. The molecule has 0 saturated heterocycles. The van der Waals surface area contributed by atoms with Crippen LogP contribution in [-0.4, -0.2) is 22.7 Å². The Kier molecular flexibility index (Phi) is 9.32. The van der Waals surface area contributed by atoms with Gasteiger partial charge in [0.05, 0.1) is 0 Å². The lowest BCUT2D eigenvalue weighted by Gasteiger charge is -2.39. The van der Waals surface area contributed by atoms with Crippen LogP contribution >= 0.6 is 0 Å². The van der Waals surface area contributed by atoms with Gasteiger partial charge in [0, 0.05) is 5.92 Å². The molecule has 2 unspecified atom stereocenters. The number of hydrogen-bond donors (Lipinski definition) is 0. The average molecular weight is 463 g/mol. The summed E-state index contributed by atoms with van der Waals surface area (Å²) in [6.45, 7) is 18.2. The summed E-state index contributed by atoms with van der Waals surface area (Å²) in [5.41, 5.74) is 1.37. The predicted octanol–water partition coefficient (Wildman–Crippen LogP) is 8.57. The summed E-state index contributed by atoms with van der Waals surface area (Å²) in [4.78, 5) is 0. The van der Waals surface area contributed by atoms with E-state index in [4.69, 9.17) is 13.6 Å². The van der Waals surface area contributed by atoms with Crippen molar-refractivity contribution < 1.29 is 13.6 Å². The summed E-state index contributed by atoms with van der Waals surface area (Å²) in [7, 11) is -3.81. The van der Waals surface area contributed by atoms with E-state index in [1.165, 1.54) is 24.8 Å². The maximum absolute atomic E-state index is 6.69. The second kappa shape index (κ2) is 11.1. The molecule has 0 heterocycles. The van der Waals surface area contributed by atoms with Gasteiger partial charge >= 0.3 is 0 Å². The number of benzene rings is 1. The minimum absolute atomic E-state index is 0.107. The molecule has 1 aliphatic rings. The molecule has 5 heteroatoms. The molecule has 176 valence electrons. The number of rotatable bonds is 10. The molecule has 1 fully saturated rings. The van der Waals surface area contributed by atoms with Crippen LogP contribution in [0.15, 0.2) is 42.5 Å². The minimum Gasteiger partial charge on any atom is -0.544 e. The van der Waals surface area contributed by atoms with E-state index in [1.807, 2.05) is 6.26 Å². The highest BCUT2D eigenvalue weighted by atomic mass is 28.4. The zero-order valence-corrected chi connectivity index (χ0v) is 23.3. The molecular weight excluding hydrogens is 416 g/mol. The third-order valence-electron chi connectivity index (χ3n) is 7.70. The Morgan fingerprint density at radius 3 is 2.10 bits per heavy atom. The van der Waals surface area contributed by atoms with Crippen molar-refractivity contribution in [1.82, 2.24) is 0 Å². The van der Waals surface area contributed by atoms with Crippen LogP contribution in [0.2, 0.25) is 36.3 Å². The van der Waals surface area contributed by atoms with E-state index in [0.717, 1.165) is 24.6 Å². The van der Waals surface area contributed by atoms with Gasteiger partial charge in [0.2, 0.25) is 8.32 Å². The Labute approximate surface area is 193 Å². The van der Waals surface area contributed by atoms with Crippen LogP contribution in [0.5, 0.6) is 0 Å². The fraction of sp³-hybridized carbons (Fsp3) is 0.692. The Morgan fingerprint density at radius 1 is 0.968 bits per heavy atom. The van der Waals surface area contributed by atoms with Crippen molar-refractivity contribution >= 4 is 16.6 Å². The Balaban J connectivity index is 2.31. The molecule has 0 amide bonds. The maximum Gasteiger partial charge on any atom is 0.300 e. The highest BCUT2D eigenvalue weighted by Gasteiger charge is 2.41. The normalized spacial score (nSPS) is 21.0. The quantitative estimate of drug-likeness (QED) is 0.257. The summed E-state index contributed by atoms with van der Waals surface area (Å²) >= 11 is 0. The van der Waals surface area contributed by atoms with Gasteiger partial charge in [-0.25, -0.2) is 0 Å². The third-order valence-corrected chi connectivity index (χ3v) is 16.5. The van der Waals surface area contributed by atoms with Crippen molar-refractivity contribution in [2.75, 3.05) is 0 Å². The third kappa shape index (κ3) is 6.88. The van der Waals surface area contributed by atoms with E-state index in [2.05, 4.69) is 85.0 Å². The van der Waals surface area contributed by atoms with E-state index < -0.39 is 16.6 Å². The molecule has 0 bridgehead atoms. The maximum atomic E-state index is 6.69. The highest BCUT2D eigenvalue weighted by molar-refractivity contribution is 6.74. The van der Waals surface area contributed by atoms with Crippen LogP contribution in [0.25, 0.3) is 0 Å². The lowest BCUT2D eigenvalue weighted by atomic mass is 9.81. The molecular formula is C26H46O3Si2. The lowest BCUT2D eigenvalue weighted by Crippen LogP contribution is -2.42. The monoisotopic (exact) mass is 462 g/mol. The van der Waals surface area contributed by atoms with Crippen molar-refractivity contribution in [1.29, 1.82) is 0 Å². The van der Waals surface area contributed by atoms with Crippen LogP contribution < -0.4 is 0 Å². The molecule has 1 aliphatic carbocycles. The zero-order valence-electron chi connectivity index (χ0n) is 21.3. The molecule has 0 radical (unpaired) electrons. The molecule has 0 spiro atoms. The van der Waals surface area contributed by atoms with Crippen molar-refractivity contribution in [2.45, 2.75) is 116 Å². The Hall–Kier alpha value is -1.21. The average Bonchev–Trinajstić information content (AvgIpc) is 2.75. The van der Waals surface area contributed by atoms with Gasteiger partial charge < -0.3 is 13.6 Å². The SMILES string of the molecule is CC[Si](CC)(CC)O/C=C(/OC1CCCCC1c1ccccc1)O[Si](C)(C)C(C)(C)C. The lowest BCUT2D eigenvalue weighted by molar-refractivity contribution is -0.00103. The van der Waals surface area contributed by atoms with Crippen LogP contribution in [0.1, 0.15) is 78.7 Å². The van der Waals surface area contributed by atoms with Gasteiger partial charge in [-0.05, 0) is 61.1 Å². The van der Waals surface area contributed by atoms with E-state index in [-0.39, 0.29) is 11.1 Å². The second-order valence-electron chi connectivity index (χ2n) is 10.6. The number of hydrogen-bond acceptors (Lipinski definition) is 3. The van der Waals surface area contributed by atoms with Crippen molar-refractivity contribution in [3.05, 3.63) is 48.1 Å². The molecule has 2 rings (SSSR count). The van der Waals surface area contributed by atoms with Crippen molar-refractivity contribution in [3.8, 4) is 0 Å². The first kappa shape index (κ1) is 26.0. The number of ether oxygens (including phenoxy) is 1. The van der Waals surface area contributed by atoms with Gasteiger partial charge in [-0.1, -0.05) is 78.3 Å². The molecule has 0 N–H and O–H groups in total. The molecule has 0 aromatic heterocycles. The van der Waals surface area contributed by atoms with E-state index in [1.54, 1.807) is 0 Å². The van der Waals surface area contributed by atoms with Crippen LogP contribution in [0, 0.1) is 0 Å². The fourth-order valence-electron chi connectivity index (χ4n) is 4.12. The first-order chi connectivity index (χ1) is 14.6. The molecule has 1 aromatic carbocycles. The highest BCUT2D eigenvalue weighted by Crippen LogP contribution is 2.40. The van der Waals surface area contributed by atoms with Crippen molar-refractivity contribution in [3.63, 3.8) is 0 Å². The van der Waals surface area contributed by atoms with Gasteiger partial charge in [0.15, 0.2) is 0 Å². The summed E-state index contributed by atoms with van der Waals surface area (Å²) in [6.07, 6.45) is 6.70. The molecule has 2 atom stereocenters. The van der Waals surface area contributed by atoms with Crippen LogP contribution in [0.3, 0.4) is 0 Å². The predicted molar refractivity (Wildman–Crippen MR) is 137 cm³/mol. The summed E-state index contributed by atoms with van der Waals surface area (Å²) in [5, 5.41) is 0.107. The van der Waals surface area contributed by atoms with Gasteiger partial charge in [0.25, 0.3) is 14.3 Å². The first-order valence-electron chi connectivity index (χ1n) is 12.4. The van der Waals surface area contributed by atoms with E-state index in [9.17, 15) is 0 Å². The summed E-state index contributed by atoms with van der Waals surface area (Å²) in [6, 6.07) is 14.2. The van der Waals surface area contributed by atoms with E-state index >= 15 is 0 Å². The summed E-state index contributed by atoms with van der Waals surface area (Å²) in [5.74, 6) is 1.03. The fourth-order valence-corrected chi connectivity index (χ4v) is 7.37. The van der Waals surface area contributed by atoms with Crippen LogP contribution in [-0.2, 0) is 13.6 Å². The second-order valence-corrected chi connectivity index (χ2v) is 20.1. The van der Waals surface area contributed by atoms with E-state index in [0.29, 0.717) is 11.9 Å². The van der Waals surface area contributed by atoms with Gasteiger partial charge in [-0.15, -0.1) is 0 Å². The molecule has 31 heavy (non-hydrogen) atoms. The van der Waals surface area contributed by atoms with Crippen molar-refractivity contribution in [2.24, 2.45) is 0 Å². The largest absolute Gasteiger partial charge is 0.544 e. The molecule has 1 saturated carbocycles. The van der Waals surface area contributed by atoms with Crippen LogP contribution in [0.4, 0.5) is 0 Å². The molecule has 1 aromatic rings. The topological polar surface area (TPSA) is 27.7 Å². The zero-order chi connectivity index (χ0) is 23.1. The smallest absolute Gasteiger partial charge is 0.300 e. The standard InChI is InChI=1S/C26H46O3Si2/c1-9-31(10-2,11-3)27-21-25(29-30(7,8)26(4,5)6)28-24-20-16-15-19-23(24)22-17-13-12-14-18-22/h12-14,17-18,21,23-24H,9-11,15-16,19-20H2,1-8H3/b25-21-. The van der Waals surface area contributed by atoms with Gasteiger partial charge in [-0.2, -0.15) is 0 Å². The van der Waals surface area contributed by atoms with Gasteiger partial charge in [-0.3, -0.25) is 0 Å².